The molecule has 0 aliphatic carbocycles. The Kier molecular flexibility index (Phi) is 3.15. The first-order chi connectivity index (χ1) is 7.40. The second-order valence-corrected chi connectivity index (χ2v) is 3.48. The van der Waals surface area contributed by atoms with Crippen molar-refractivity contribution in [2.45, 2.75) is 12.6 Å². The number of hydrogen-bond donors (Lipinski definition) is 1. The molecule has 0 bridgehead atoms. The maximum Gasteiger partial charge on any atom is 0.0604 e. The third kappa shape index (κ3) is 2.44. The molecule has 2 aromatic rings. The monoisotopic (exact) mass is 201 g/mol. The van der Waals surface area contributed by atoms with Crippen LogP contribution in [0, 0.1) is 0 Å². The summed E-state index contributed by atoms with van der Waals surface area (Å²) in [6.07, 6.45) is 3.78. The van der Waals surface area contributed by atoms with Gasteiger partial charge in [-0.3, -0.25) is 4.68 Å². The molecule has 1 aromatic heterocycles. The molecule has 0 spiro atoms. The summed E-state index contributed by atoms with van der Waals surface area (Å²) < 4.78 is 1.94. The fourth-order valence-electron chi connectivity index (χ4n) is 1.64. The Morgan fingerprint density at radius 2 is 2.07 bits per heavy atom. The van der Waals surface area contributed by atoms with Crippen molar-refractivity contribution in [1.82, 2.24) is 15.1 Å². The average molecular weight is 201 g/mol. The molecule has 1 heterocycles. The molecule has 0 amide bonds. The zero-order chi connectivity index (χ0) is 10.5. The van der Waals surface area contributed by atoms with E-state index in [-0.39, 0.29) is 0 Å². The highest BCUT2D eigenvalue weighted by Crippen LogP contribution is 2.13. The fraction of sp³-hybridized carbons (Fsp3) is 0.250. The van der Waals surface area contributed by atoms with E-state index in [0.717, 1.165) is 6.54 Å². The van der Waals surface area contributed by atoms with E-state index < -0.39 is 0 Å². The van der Waals surface area contributed by atoms with Crippen molar-refractivity contribution in [3.8, 4) is 0 Å². The number of likely N-dealkylation sites (N-methyl/N-ethyl adjacent to an activating group) is 1. The van der Waals surface area contributed by atoms with Crippen molar-refractivity contribution in [1.29, 1.82) is 0 Å². The molecule has 0 saturated carbocycles. The van der Waals surface area contributed by atoms with Gasteiger partial charge in [-0.1, -0.05) is 30.3 Å². The van der Waals surface area contributed by atoms with Gasteiger partial charge in [-0.25, -0.2) is 0 Å². The van der Waals surface area contributed by atoms with Crippen molar-refractivity contribution in [3.05, 3.63) is 54.4 Å². The number of nitrogens with zero attached hydrogens (tertiary/aromatic N) is 2. The third-order valence-corrected chi connectivity index (χ3v) is 2.48. The van der Waals surface area contributed by atoms with Crippen molar-refractivity contribution in [2.75, 3.05) is 7.05 Å². The maximum atomic E-state index is 4.21. The molecule has 2 rings (SSSR count). The van der Waals surface area contributed by atoms with Gasteiger partial charge in [0.05, 0.1) is 12.6 Å². The van der Waals surface area contributed by atoms with E-state index in [2.05, 4.69) is 34.7 Å². The predicted molar refractivity (Wildman–Crippen MR) is 60.5 cm³/mol. The van der Waals surface area contributed by atoms with Crippen LogP contribution in [-0.2, 0) is 6.54 Å². The molecule has 0 aliphatic heterocycles. The van der Waals surface area contributed by atoms with Crippen LogP contribution in [0.1, 0.15) is 11.6 Å². The lowest BCUT2D eigenvalue weighted by atomic mass is 10.1. The molecule has 1 unspecified atom stereocenters. The van der Waals surface area contributed by atoms with Gasteiger partial charge in [0.15, 0.2) is 0 Å². The van der Waals surface area contributed by atoms with Gasteiger partial charge in [-0.05, 0) is 18.7 Å². The second-order valence-electron chi connectivity index (χ2n) is 3.48. The Morgan fingerprint density at radius 1 is 1.27 bits per heavy atom. The van der Waals surface area contributed by atoms with Gasteiger partial charge in [-0.15, -0.1) is 0 Å². The number of hydrogen-bond acceptors (Lipinski definition) is 2. The standard InChI is InChI=1S/C12H15N3/c1-13-12(10-15-9-5-8-14-15)11-6-3-2-4-7-11/h2-9,12-13H,10H2,1H3. The topological polar surface area (TPSA) is 29.9 Å². The maximum absolute atomic E-state index is 4.21. The van der Waals surface area contributed by atoms with Crippen molar-refractivity contribution >= 4 is 0 Å². The first-order valence-electron chi connectivity index (χ1n) is 5.10. The summed E-state index contributed by atoms with van der Waals surface area (Å²) in [5, 5.41) is 7.50. The summed E-state index contributed by atoms with van der Waals surface area (Å²) in [6.45, 7) is 0.855. The highest BCUT2D eigenvalue weighted by Gasteiger charge is 2.08. The summed E-state index contributed by atoms with van der Waals surface area (Å²) in [7, 11) is 1.97. The minimum absolute atomic E-state index is 0.311. The highest BCUT2D eigenvalue weighted by molar-refractivity contribution is 5.18. The zero-order valence-corrected chi connectivity index (χ0v) is 8.80. The molecule has 0 aliphatic rings. The van der Waals surface area contributed by atoms with Crippen LogP contribution >= 0.6 is 0 Å². The van der Waals surface area contributed by atoms with Crippen LogP contribution in [0.3, 0.4) is 0 Å². The van der Waals surface area contributed by atoms with E-state index in [1.54, 1.807) is 6.20 Å². The first-order valence-corrected chi connectivity index (χ1v) is 5.10. The van der Waals surface area contributed by atoms with Crippen LogP contribution in [0.25, 0.3) is 0 Å². The van der Waals surface area contributed by atoms with Gasteiger partial charge in [0.25, 0.3) is 0 Å². The fourth-order valence-corrected chi connectivity index (χ4v) is 1.64. The molecule has 78 valence electrons. The largest absolute Gasteiger partial charge is 0.311 e. The minimum Gasteiger partial charge on any atom is -0.311 e. The number of nitrogens with one attached hydrogen (secondary N) is 1. The molecule has 1 atom stereocenters. The SMILES string of the molecule is CNC(Cn1cccn1)c1ccccc1. The molecule has 0 fully saturated rings. The molecule has 3 heteroatoms. The smallest absolute Gasteiger partial charge is 0.0604 e. The molecule has 3 nitrogen and oxygen atoms in total. The molecular weight excluding hydrogens is 186 g/mol. The van der Waals surface area contributed by atoms with Gasteiger partial charge in [0.2, 0.25) is 0 Å². The predicted octanol–water partition coefficient (Wildman–Crippen LogP) is 1.84. The summed E-state index contributed by atoms with van der Waals surface area (Å²) in [6, 6.07) is 12.7. The lowest BCUT2D eigenvalue weighted by Gasteiger charge is -2.16. The molecule has 1 N–H and O–H groups in total. The molecule has 0 saturated heterocycles. The Labute approximate surface area is 89.7 Å². The molecular formula is C12H15N3. The summed E-state index contributed by atoms with van der Waals surface area (Å²) in [5.74, 6) is 0. The zero-order valence-electron chi connectivity index (χ0n) is 8.80. The Morgan fingerprint density at radius 3 is 2.67 bits per heavy atom. The number of benzene rings is 1. The first kappa shape index (κ1) is 9.93. The van der Waals surface area contributed by atoms with E-state index in [0.29, 0.717) is 6.04 Å². The van der Waals surface area contributed by atoms with Gasteiger partial charge in [-0.2, -0.15) is 5.10 Å². The highest BCUT2D eigenvalue weighted by atomic mass is 15.3. The van der Waals surface area contributed by atoms with E-state index in [1.165, 1.54) is 5.56 Å². The van der Waals surface area contributed by atoms with Gasteiger partial charge >= 0.3 is 0 Å². The van der Waals surface area contributed by atoms with Gasteiger partial charge < -0.3 is 5.32 Å². The average Bonchev–Trinajstić information content (AvgIpc) is 2.80. The van der Waals surface area contributed by atoms with Crippen LogP contribution in [0.15, 0.2) is 48.8 Å². The van der Waals surface area contributed by atoms with E-state index in [1.807, 2.05) is 30.1 Å². The van der Waals surface area contributed by atoms with E-state index in [9.17, 15) is 0 Å². The molecule has 0 radical (unpaired) electrons. The normalized spacial score (nSPS) is 12.6. The van der Waals surface area contributed by atoms with E-state index in [4.69, 9.17) is 0 Å². The summed E-state index contributed by atoms with van der Waals surface area (Å²) in [5.41, 5.74) is 1.29. The Hall–Kier alpha value is -1.61. The van der Waals surface area contributed by atoms with E-state index >= 15 is 0 Å². The quantitative estimate of drug-likeness (QED) is 0.818. The lowest BCUT2D eigenvalue weighted by molar-refractivity contribution is 0.468. The molecule has 1 aromatic carbocycles. The van der Waals surface area contributed by atoms with Gasteiger partial charge in [0.1, 0.15) is 0 Å². The van der Waals surface area contributed by atoms with Crippen LogP contribution < -0.4 is 5.32 Å². The Balaban J connectivity index is 2.12. The minimum atomic E-state index is 0.311. The van der Waals surface area contributed by atoms with Crippen molar-refractivity contribution < 1.29 is 0 Å². The third-order valence-electron chi connectivity index (χ3n) is 2.48. The molecule has 15 heavy (non-hydrogen) atoms. The van der Waals surface area contributed by atoms with Crippen molar-refractivity contribution in [2.24, 2.45) is 0 Å². The second kappa shape index (κ2) is 4.75. The number of aromatic nitrogens is 2. The van der Waals surface area contributed by atoms with Crippen LogP contribution in [0.2, 0.25) is 0 Å². The van der Waals surface area contributed by atoms with Crippen LogP contribution in [-0.4, -0.2) is 16.8 Å². The number of rotatable bonds is 4. The summed E-state index contributed by atoms with van der Waals surface area (Å²) in [4.78, 5) is 0. The van der Waals surface area contributed by atoms with Crippen LogP contribution in [0.5, 0.6) is 0 Å². The van der Waals surface area contributed by atoms with Crippen LogP contribution in [0.4, 0.5) is 0 Å². The summed E-state index contributed by atoms with van der Waals surface area (Å²) >= 11 is 0. The van der Waals surface area contributed by atoms with Gasteiger partial charge in [0, 0.05) is 12.4 Å². The van der Waals surface area contributed by atoms with Crippen molar-refractivity contribution in [3.63, 3.8) is 0 Å². The Bertz CT molecular complexity index is 381. The lowest BCUT2D eigenvalue weighted by Crippen LogP contribution is -2.22.